The van der Waals surface area contributed by atoms with Gasteiger partial charge in [0, 0.05) is 12.6 Å². The van der Waals surface area contributed by atoms with E-state index < -0.39 is 4.92 Å². The normalized spacial score (nSPS) is 10.0. The summed E-state index contributed by atoms with van der Waals surface area (Å²) >= 11 is 0. The highest BCUT2D eigenvalue weighted by Crippen LogP contribution is 2.32. The molecule has 0 fully saturated rings. The number of nitrogens with one attached hydrogen (secondary N) is 1. The molecule has 0 amide bonds. The molecule has 7 heteroatoms. The van der Waals surface area contributed by atoms with Crippen LogP contribution < -0.4 is 14.8 Å². The quantitative estimate of drug-likeness (QED) is 0.649. The molecule has 1 aromatic carbocycles. The number of nitro groups is 1. The minimum atomic E-state index is -0.520. The standard InChI is InChI=1S/C14H15N3O4/c1-3-15-13-5-4-6-14(16-13)21-10-7-8-12(20-2)11(9-10)17(18)19/h4-9H,3H2,1-2H3,(H,15,16). The number of aromatic nitrogens is 1. The van der Waals surface area contributed by atoms with Crippen molar-refractivity contribution in [3.05, 3.63) is 46.5 Å². The Balaban J connectivity index is 2.25. The number of methoxy groups -OCH3 is 1. The van der Waals surface area contributed by atoms with Crippen molar-refractivity contribution in [1.82, 2.24) is 4.98 Å². The van der Waals surface area contributed by atoms with Crippen LogP contribution in [0.1, 0.15) is 6.92 Å². The van der Waals surface area contributed by atoms with Crippen LogP contribution in [-0.2, 0) is 0 Å². The van der Waals surface area contributed by atoms with Crippen molar-refractivity contribution in [1.29, 1.82) is 0 Å². The Kier molecular flexibility index (Phi) is 4.55. The molecule has 2 aromatic rings. The van der Waals surface area contributed by atoms with Crippen molar-refractivity contribution in [2.45, 2.75) is 6.92 Å². The summed E-state index contributed by atoms with van der Waals surface area (Å²) < 4.78 is 10.5. The van der Waals surface area contributed by atoms with Gasteiger partial charge in [-0.3, -0.25) is 10.1 Å². The van der Waals surface area contributed by atoms with Gasteiger partial charge in [0.1, 0.15) is 11.6 Å². The highest BCUT2D eigenvalue weighted by atomic mass is 16.6. The number of pyridine rings is 1. The van der Waals surface area contributed by atoms with Gasteiger partial charge in [-0.2, -0.15) is 4.98 Å². The summed E-state index contributed by atoms with van der Waals surface area (Å²) in [7, 11) is 1.38. The van der Waals surface area contributed by atoms with Gasteiger partial charge in [0.2, 0.25) is 5.88 Å². The van der Waals surface area contributed by atoms with E-state index in [4.69, 9.17) is 9.47 Å². The number of hydrogen-bond acceptors (Lipinski definition) is 6. The van der Waals surface area contributed by atoms with Crippen LogP contribution in [0.25, 0.3) is 0 Å². The Labute approximate surface area is 121 Å². The second-order valence-corrected chi connectivity index (χ2v) is 4.08. The maximum Gasteiger partial charge on any atom is 0.314 e. The van der Waals surface area contributed by atoms with Crippen molar-refractivity contribution in [3.63, 3.8) is 0 Å². The fourth-order valence-corrected chi connectivity index (χ4v) is 1.75. The van der Waals surface area contributed by atoms with E-state index in [0.29, 0.717) is 17.4 Å². The average molecular weight is 289 g/mol. The number of benzene rings is 1. The van der Waals surface area contributed by atoms with Gasteiger partial charge in [-0.05, 0) is 25.1 Å². The molecule has 1 aromatic heterocycles. The molecule has 0 aliphatic heterocycles. The number of ether oxygens (including phenoxy) is 2. The summed E-state index contributed by atoms with van der Waals surface area (Å²) in [6.45, 7) is 2.70. The van der Waals surface area contributed by atoms with Crippen LogP contribution in [-0.4, -0.2) is 23.6 Å². The summed E-state index contributed by atoms with van der Waals surface area (Å²) in [4.78, 5) is 14.7. The Morgan fingerprint density at radius 3 is 2.81 bits per heavy atom. The number of nitrogens with zero attached hydrogens (tertiary/aromatic N) is 2. The highest BCUT2D eigenvalue weighted by molar-refractivity contribution is 5.51. The third kappa shape index (κ3) is 3.59. The molecule has 110 valence electrons. The summed E-state index contributed by atoms with van der Waals surface area (Å²) in [6, 6.07) is 9.66. The van der Waals surface area contributed by atoms with E-state index in [2.05, 4.69) is 10.3 Å². The molecule has 0 aliphatic rings. The molecule has 7 nitrogen and oxygen atoms in total. The van der Waals surface area contributed by atoms with E-state index >= 15 is 0 Å². The number of nitro benzene ring substituents is 1. The number of rotatable bonds is 6. The lowest BCUT2D eigenvalue weighted by atomic mass is 10.3. The van der Waals surface area contributed by atoms with Gasteiger partial charge in [0.05, 0.1) is 18.1 Å². The number of anilines is 1. The van der Waals surface area contributed by atoms with Gasteiger partial charge >= 0.3 is 5.69 Å². The third-order valence-electron chi connectivity index (χ3n) is 2.65. The molecule has 1 N–H and O–H groups in total. The van der Waals surface area contributed by atoms with Crippen molar-refractivity contribution in [2.24, 2.45) is 0 Å². The van der Waals surface area contributed by atoms with E-state index in [9.17, 15) is 10.1 Å². The van der Waals surface area contributed by atoms with Crippen molar-refractivity contribution >= 4 is 11.5 Å². The van der Waals surface area contributed by atoms with E-state index in [-0.39, 0.29) is 11.4 Å². The molecule has 2 rings (SSSR count). The van der Waals surface area contributed by atoms with Crippen molar-refractivity contribution < 1.29 is 14.4 Å². The summed E-state index contributed by atoms with van der Waals surface area (Å²) in [5.74, 6) is 1.54. The van der Waals surface area contributed by atoms with E-state index in [0.717, 1.165) is 6.54 Å². The second kappa shape index (κ2) is 6.56. The Morgan fingerprint density at radius 1 is 1.33 bits per heavy atom. The first-order chi connectivity index (χ1) is 10.1. The fourth-order valence-electron chi connectivity index (χ4n) is 1.75. The van der Waals surface area contributed by atoms with Crippen LogP contribution in [0.2, 0.25) is 0 Å². The molecule has 0 radical (unpaired) electrons. The summed E-state index contributed by atoms with van der Waals surface area (Å²) in [5.41, 5.74) is -0.155. The van der Waals surface area contributed by atoms with Crippen molar-refractivity contribution in [2.75, 3.05) is 19.0 Å². The molecule has 0 aliphatic carbocycles. The largest absolute Gasteiger partial charge is 0.490 e. The van der Waals surface area contributed by atoms with Crippen LogP contribution in [0, 0.1) is 10.1 Å². The average Bonchev–Trinajstić information content (AvgIpc) is 2.48. The Morgan fingerprint density at radius 2 is 2.14 bits per heavy atom. The van der Waals surface area contributed by atoms with Crippen LogP contribution in [0.3, 0.4) is 0 Å². The molecule has 0 unspecified atom stereocenters. The Hall–Kier alpha value is -2.83. The minimum absolute atomic E-state index is 0.155. The van der Waals surface area contributed by atoms with Crippen LogP contribution in [0.5, 0.6) is 17.4 Å². The molecule has 0 bridgehead atoms. The zero-order valence-electron chi connectivity index (χ0n) is 11.7. The van der Waals surface area contributed by atoms with E-state index in [1.807, 2.05) is 13.0 Å². The zero-order valence-corrected chi connectivity index (χ0v) is 11.7. The molecule has 0 atom stereocenters. The fraction of sp³-hybridized carbons (Fsp3) is 0.214. The van der Waals surface area contributed by atoms with Gasteiger partial charge in [-0.25, -0.2) is 0 Å². The maximum atomic E-state index is 11.0. The Bertz CT molecular complexity index is 646. The smallest absolute Gasteiger partial charge is 0.314 e. The molecule has 0 saturated heterocycles. The van der Waals surface area contributed by atoms with Gasteiger partial charge < -0.3 is 14.8 Å². The predicted molar refractivity (Wildman–Crippen MR) is 78.1 cm³/mol. The SMILES string of the molecule is CCNc1cccc(Oc2ccc(OC)c([N+](=O)[O-])c2)n1. The van der Waals surface area contributed by atoms with Gasteiger partial charge in [-0.1, -0.05) is 6.07 Å². The summed E-state index contributed by atoms with van der Waals surface area (Å²) in [5, 5.41) is 14.0. The minimum Gasteiger partial charge on any atom is -0.490 e. The van der Waals surface area contributed by atoms with E-state index in [1.54, 1.807) is 18.2 Å². The highest BCUT2D eigenvalue weighted by Gasteiger charge is 2.16. The topological polar surface area (TPSA) is 86.5 Å². The molecule has 21 heavy (non-hydrogen) atoms. The predicted octanol–water partition coefficient (Wildman–Crippen LogP) is 3.22. The third-order valence-corrected chi connectivity index (χ3v) is 2.65. The summed E-state index contributed by atoms with van der Waals surface area (Å²) in [6.07, 6.45) is 0. The first-order valence-electron chi connectivity index (χ1n) is 6.35. The number of hydrogen-bond donors (Lipinski definition) is 1. The molecule has 1 heterocycles. The zero-order chi connectivity index (χ0) is 15.2. The first kappa shape index (κ1) is 14.6. The molecule has 0 saturated carbocycles. The maximum absolute atomic E-state index is 11.0. The molecular weight excluding hydrogens is 274 g/mol. The monoisotopic (exact) mass is 289 g/mol. The van der Waals surface area contributed by atoms with Gasteiger partial charge in [-0.15, -0.1) is 0 Å². The lowest BCUT2D eigenvalue weighted by molar-refractivity contribution is -0.385. The lowest BCUT2D eigenvalue weighted by Gasteiger charge is -2.08. The van der Waals surface area contributed by atoms with Crippen LogP contribution in [0.4, 0.5) is 11.5 Å². The molecular formula is C14H15N3O4. The van der Waals surface area contributed by atoms with Crippen molar-refractivity contribution in [3.8, 4) is 17.4 Å². The first-order valence-corrected chi connectivity index (χ1v) is 6.35. The molecule has 0 spiro atoms. The second-order valence-electron chi connectivity index (χ2n) is 4.08. The van der Waals surface area contributed by atoms with Gasteiger partial charge in [0.25, 0.3) is 0 Å². The van der Waals surface area contributed by atoms with Crippen LogP contribution >= 0.6 is 0 Å². The van der Waals surface area contributed by atoms with Crippen LogP contribution in [0.15, 0.2) is 36.4 Å². The lowest BCUT2D eigenvalue weighted by Crippen LogP contribution is -2.00. The van der Waals surface area contributed by atoms with Gasteiger partial charge in [0.15, 0.2) is 5.75 Å². The van der Waals surface area contributed by atoms with E-state index in [1.165, 1.54) is 19.2 Å².